The third-order valence-corrected chi connectivity index (χ3v) is 2.93. The molecule has 4 heteroatoms. The number of rotatable bonds is 7. The maximum atomic E-state index is 11.7. The summed E-state index contributed by atoms with van der Waals surface area (Å²) in [6.07, 6.45) is 1.90. The topological polar surface area (TPSA) is 35.5 Å². The Kier molecular flexibility index (Phi) is 6.16. The van der Waals surface area contributed by atoms with Gasteiger partial charge in [0.25, 0.3) is 0 Å². The molecule has 1 aromatic rings. The lowest BCUT2D eigenvalue weighted by Gasteiger charge is -2.24. The highest BCUT2D eigenvalue weighted by molar-refractivity contribution is 6.17. The maximum absolute atomic E-state index is 11.7. The van der Waals surface area contributed by atoms with Crippen LogP contribution in [0.25, 0.3) is 0 Å². The first-order valence-corrected chi connectivity index (χ1v) is 7.04. The third-order valence-electron chi connectivity index (χ3n) is 2.66. The Labute approximate surface area is 119 Å². The molecule has 1 rings (SSSR count). The van der Waals surface area contributed by atoms with Gasteiger partial charge in [0.05, 0.1) is 6.61 Å². The van der Waals surface area contributed by atoms with E-state index in [4.69, 9.17) is 21.1 Å². The van der Waals surface area contributed by atoms with Crippen LogP contribution in [-0.4, -0.2) is 24.1 Å². The number of carbonyl (C=O) groups excluding carboxylic acids is 1. The molecule has 106 valence electrons. The lowest BCUT2D eigenvalue weighted by Crippen LogP contribution is -2.39. The zero-order valence-corrected chi connectivity index (χ0v) is 12.5. The number of ether oxygens (including phenoxy) is 2. The number of benzene rings is 1. The Morgan fingerprint density at radius 2 is 1.89 bits per heavy atom. The molecule has 0 aliphatic heterocycles. The molecular formula is C15H21ClO3. The van der Waals surface area contributed by atoms with Crippen LogP contribution in [0.15, 0.2) is 24.3 Å². The zero-order chi connectivity index (χ0) is 14.3. The van der Waals surface area contributed by atoms with Crippen molar-refractivity contribution >= 4 is 17.6 Å². The predicted molar refractivity (Wildman–Crippen MR) is 76.8 cm³/mol. The lowest BCUT2D eigenvalue weighted by atomic mass is 10.1. The van der Waals surface area contributed by atoms with Crippen molar-refractivity contribution in [2.75, 3.05) is 12.5 Å². The Morgan fingerprint density at radius 1 is 1.26 bits per heavy atom. The minimum atomic E-state index is -0.979. The van der Waals surface area contributed by atoms with Crippen molar-refractivity contribution in [3.8, 4) is 5.75 Å². The molecule has 0 bridgehead atoms. The maximum Gasteiger partial charge on any atom is 0.349 e. The molecule has 0 radical (unpaired) electrons. The van der Waals surface area contributed by atoms with Crippen LogP contribution in [0, 0.1) is 0 Å². The van der Waals surface area contributed by atoms with E-state index < -0.39 is 5.60 Å². The van der Waals surface area contributed by atoms with E-state index in [1.54, 1.807) is 20.8 Å². The molecule has 19 heavy (non-hydrogen) atoms. The van der Waals surface area contributed by atoms with Crippen molar-refractivity contribution in [2.24, 2.45) is 0 Å². The largest absolute Gasteiger partial charge is 0.476 e. The Bertz CT molecular complexity index is 398. The summed E-state index contributed by atoms with van der Waals surface area (Å²) in [5, 5.41) is 0. The molecule has 0 aromatic heterocycles. The van der Waals surface area contributed by atoms with E-state index in [-0.39, 0.29) is 5.97 Å². The third kappa shape index (κ3) is 5.11. The van der Waals surface area contributed by atoms with E-state index in [1.807, 2.05) is 24.3 Å². The van der Waals surface area contributed by atoms with Gasteiger partial charge in [0.15, 0.2) is 5.60 Å². The van der Waals surface area contributed by atoms with Crippen LogP contribution in [0.2, 0.25) is 0 Å². The summed E-state index contributed by atoms with van der Waals surface area (Å²) in [4.78, 5) is 11.7. The van der Waals surface area contributed by atoms with E-state index in [0.717, 1.165) is 12.8 Å². The first-order chi connectivity index (χ1) is 8.99. The molecule has 0 spiro atoms. The smallest absolute Gasteiger partial charge is 0.349 e. The first kappa shape index (κ1) is 15.8. The first-order valence-electron chi connectivity index (χ1n) is 6.50. The van der Waals surface area contributed by atoms with Gasteiger partial charge < -0.3 is 9.47 Å². The van der Waals surface area contributed by atoms with Gasteiger partial charge in [0.1, 0.15) is 5.75 Å². The molecule has 3 nitrogen and oxygen atoms in total. The normalized spacial score (nSPS) is 11.2. The van der Waals surface area contributed by atoms with E-state index in [2.05, 4.69) is 0 Å². The molecular weight excluding hydrogens is 264 g/mol. The van der Waals surface area contributed by atoms with Crippen molar-refractivity contribution in [2.45, 2.75) is 39.2 Å². The van der Waals surface area contributed by atoms with Crippen molar-refractivity contribution in [3.63, 3.8) is 0 Å². The number of halogens is 1. The zero-order valence-electron chi connectivity index (χ0n) is 11.7. The summed E-state index contributed by atoms with van der Waals surface area (Å²) in [5.74, 6) is 0.961. The van der Waals surface area contributed by atoms with Crippen molar-refractivity contribution in [1.29, 1.82) is 0 Å². The highest BCUT2D eigenvalue weighted by Gasteiger charge is 2.31. The summed E-state index contributed by atoms with van der Waals surface area (Å²) in [7, 11) is 0. The molecule has 0 aliphatic rings. The fourth-order valence-electron chi connectivity index (χ4n) is 1.64. The monoisotopic (exact) mass is 284 g/mol. The average molecular weight is 285 g/mol. The van der Waals surface area contributed by atoms with Crippen LogP contribution >= 0.6 is 11.6 Å². The van der Waals surface area contributed by atoms with Gasteiger partial charge in [-0.1, -0.05) is 12.1 Å². The molecule has 0 amide bonds. The van der Waals surface area contributed by atoms with E-state index in [1.165, 1.54) is 5.56 Å². The summed E-state index contributed by atoms with van der Waals surface area (Å²) in [5.41, 5.74) is 0.232. The molecule has 0 aliphatic carbocycles. The average Bonchev–Trinajstić information content (AvgIpc) is 2.38. The second-order valence-electron chi connectivity index (χ2n) is 4.77. The number of esters is 1. The summed E-state index contributed by atoms with van der Waals surface area (Å²) in [6, 6.07) is 7.71. The molecule has 0 N–H and O–H groups in total. The fourth-order valence-corrected chi connectivity index (χ4v) is 1.77. The summed E-state index contributed by atoms with van der Waals surface area (Å²) >= 11 is 5.66. The van der Waals surface area contributed by atoms with Gasteiger partial charge in [-0.3, -0.25) is 0 Å². The van der Waals surface area contributed by atoms with Gasteiger partial charge in [-0.05, 0) is 51.3 Å². The van der Waals surface area contributed by atoms with E-state index in [0.29, 0.717) is 18.2 Å². The van der Waals surface area contributed by atoms with Gasteiger partial charge in [0.2, 0.25) is 0 Å². The number of hydrogen-bond donors (Lipinski definition) is 0. The number of alkyl halides is 1. The molecule has 0 saturated carbocycles. The predicted octanol–water partition coefficient (Wildman–Crippen LogP) is 3.58. The van der Waals surface area contributed by atoms with E-state index in [9.17, 15) is 4.79 Å². The lowest BCUT2D eigenvalue weighted by molar-refractivity contribution is -0.158. The number of carbonyl (C=O) groups is 1. The van der Waals surface area contributed by atoms with Crippen molar-refractivity contribution in [3.05, 3.63) is 29.8 Å². The van der Waals surface area contributed by atoms with Crippen LogP contribution in [0.5, 0.6) is 5.75 Å². The van der Waals surface area contributed by atoms with Crippen LogP contribution in [0.1, 0.15) is 32.8 Å². The number of aryl methyl sites for hydroxylation is 1. The molecule has 1 aromatic carbocycles. The molecule has 0 heterocycles. The van der Waals surface area contributed by atoms with E-state index >= 15 is 0 Å². The molecule has 0 atom stereocenters. The van der Waals surface area contributed by atoms with Crippen molar-refractivity contribution < 1.29 is 14.3 Å². The van der Waals surface area contributed by atoms with Crippen molar-refractivity contribution in [1.82, 2.24) is 0 Å². The van der Waals surface area contributed by atoms with Gasteiger partial charge >= 0.3 is 5.97 Å². The van der Waals surface area contributed by atoms with Gasteiger partial charge in [-0.15, -0.1) is 11.6 Å². The van der Waals surface area contributed by atoms with Crippen LogP contribution in [0.4, 0.5) is 0 Å². The Hall–Kier alpha value is -1.22. The standard InChI is InChI=1S/C15H21ClO3/c1-4-18-14(17)15(2,3)19-13-9-7-12(8-10-13)6-5-11-16/h7-10H,4-6,11H2,1-3H3. The van der Waals surface area contributed by atoms with Crippen LogP contribution < -0.4 is 4.74 Å². The minimum absolute atomic E-state index is 0.350. The number of hydrogen-bond acceptors (Lipinski definition) is 3. The van der Waals surface area contributed by atoms with Gasteiger partial charge in [-0.2, -0.15) is 0 Å². The second-order valence-corrected chi connectivity index (χ2v) is 5.15. The Morgan fingerprint density at radius 3 is 2.42 bits per heavy atom. The molecule has 0 unspecified atom stereocenters. The Balaban J connectivity index is 2.64. The van der Waals surface area contributed by atoms with Crippen LogP contribution in [0.3, 0.4) is 0 Å². The molecule has 0 fully saturated rings. The summed E-state index contributed by atoms with van der Waals surface area (Å²) in [6.45, 7) is 5.53. The quantitative estimate of drug-likeness (QED) is 0.567. The SMILES string of the molecule is CCOC(=O)C(C)(C)Oc1ccc(CCCCl)cc1. The molecule has 0 saturated heterocycles. The van der Waals surface area contributed by atoms with Gasteiger partial charge in [0, 0.05) is 5.88 Å². The highest BCUT2D eigenvalue weighted by atomic mass is 35.5. The second kappa shape index (κ2) is 7.39. The minimum Gasteiger partial charge on any atom is -0.476 e. The highest BCUT2D eigenvalue weighted by Crippen LogP contribution is 2.20. The summed E-state index contributed by atoms with van der Waals surface area (Å²) < 4.78 is 10.7. The van der Waals surface area contributed by atoms with Crippen LogP contribution in [-0.2, 0) is 16.0 Å². The van der Waals surface area contributed by atoms with Gasteiger partial charge in [-0.25, -0.2) is 4.79 Å². The fraction of sp³-hybridized carbons (Fsp3) is 0.533.